The summed E-state index contributed by atoms with van der Waals surface area (Å²) in [5, 5.41) is 0.596. The van der Waals surface area contributed by atoms with E-state index < -0.39 is 0 Å². The van der Waals surface area contributed by atoms with E-state index in [4.69, 9.17) is 28.9 Å². The zero-order chi connectivity index (χ0) is 15.8. The molecule has 1 amide bonds. The third-order valence-electron chi connectivity index (χ3n) is 4.41. The average Bonchev–Trinajstić information content (AvgIpc) is 2.37. The van der Waals surface area contributed by atoms with Crippen molar-refractivity contribution < 1.29 is 4.79 Å². The molecule has 6 heteroatoms. The van der Waals surface area contributed by atoms with Crippen molar-refractivity contribution in [2.75, 3.05) is 33.4 Å². The number of carbonyl (C=O) groups excluding carboxylic acids is 1. The quantitative estimate of drug-likeness (QED) is 0.863. The van der Waals surface area contributed by atoms with Crippen molar-refractivity contribution in [1.29, 1.82) is 0 Å². The van der Waals surface area contributed by atoms with Gasteiger partial charge in [-0.2, -0.15) is 0 Å². The van der Waals surface area contributed by atoms with E-state index in [0.29, 0.717) is 27.8 Å². The molecular formula is C15H21Cl2N3O. The molecule has 0 unspecified atom stereocenters. The number of hydrogen-bond donors (Lipinski definition) is 1. The molecule has 2 rings (SSSR count). The van der Waals surface area contributed by atoms with Gasteiger partial charge in [0, 0.05) is 24.7 Å². The highest BCUT2D eigenvalue weighted by Crippen LogP contribution is 2.37. The van der Waals surface area contributed by atoms with Gasteiger partial charge in [-0.15, -0.1) is 0 Å². The van der Waals surface area contributed by atoms with E-state index in [1.807, 2.05) is 7.05 Å². The minimum atomic E-state index is -0.0895. The molecule has 0 aliphatic heterocycles. The first-order chi connectivity index (χ1) is 9.77. The van der Waals surface area contributed by atoms with Gasteiger partial charge in [-0.05, 0) is 45.5 Å². The Bertz CT molecular complexity index is 533. The van der Waals surface area contributed by atoms with Gasteiger partial charge in [-0.3, -0.25) is 4.79 Å². The van der Waals surface area contributed by atoms with Crippen molar-refractivity contribution in [3.63, 3.8) is 0 Å². The van der Waals surface area contributed by atoms with Crippen molar-refractivity contribution >= 4 is 34.8 Å². The Kier molecular flexibility index (Phi) is 4.71. The second-order valence-corrected chi connectivity index (χ2v) is 6.78. The summed E-state index contributed by atoms with van der Waals surface area (Å²) in [4.78, 5) is 16.5. The lowest BCUT2D eigenvalue weighted by Crippen LogP contribution is -2.57. The lowest BCUT2D eigenvalue weighted by atomic mass is 9.75. The van der Waals surface area contributed by atoms with E-state index in [1.54, 1.807) is 17.0 Å². The Balaban J connectivity index is 2.16. The predicted molar refractivity (Wildman–Crippen MR) is 88.1 cm³/mol. The van der Waals surface area contributed by atoms with Gasteiger partial charge >= 0.3 is 0 Å². The standard InChI is InChI=1S/C15H21Cl2N3O/c1-19(2)15(5-4-6-15)9-20(3)14(21)10-7-11(16)13(17)12(18)8-10/h7-8H,4-6,9,18H2,1-3H3. The second kappa shape index (κ2) is 6.03. The van der Waals surface area contributed by atoms with Crippen LogP contribution in [0.15, 0.2) is 12.1 Å². The van der Waals surface area contributed by atoms with Crippen LogP contribution >= 0.6 is 23.2 Å². The second-order valence-electron chi connectivity index (χ2n) is 5.99. The Morgan fingerprint density at radius 2 is 1.90 bits per heavy atom. The predicted octanol–water partition coefficient (Wildman–Crippen LogP) is 3.13. The van der Waals surface area contributed by atoms with Gasteiger partial charge in [-0.1, -0.05) is 23.2 Å². The van der Waals surface area contributed by atoms with Crippen LogP contribution in [-0.2, 0) is 0 Å². The summed E-state index contributed by atoms with van der Waals surface area (Å²) in [5.74, 6) is -0.0895. The molecule has 21 heavy (non-hydrogen) atoms. The minimum absolute atomic E-state index is 0.0895. The zero-order valence-electron chi connectivity index (χ0n) is 12.6. The van der Waals surface area contributed by atoms with Crippen molar-refractivity contribution in [3.05, 3.63) is 27.7 Å². The van der Waals surface area contributed by atoms with Crippen LogP contribution in [0, 0.1) is 0 Å². The monoisotopic (exact) mass is 329 g/mol. The van der Waals surface area contributed by atoms with Crippen LogP contribution in [0.4, 0.5) is 5.69 Å². The van der Waals surface area contributed by atoms with E-state index in [1.165, 1.54) is 6.42 Å². The SMILES string of the molecule is CN(CC1(N(C)C)CCC1)C(=O)c1cc(N)c(Cl)c(Cl)c1. The number of likely N-dealkylation sites (N-methyl/N-ethyl adjacent to an activating group) is 2. The topological polar surface area (TPSA) is 49.6 Å². The molecule has 0 atom stereocenters. The van der Waals surface area contributed by atoms with Crippen molar-refractivity contribution in [3.8, 4) is 0 Å². The molecule has 0 saturated heterocycles. The summed E-state index contributed by atoms with van der Waals surface area (Å²) in [7, 11) is 5.94. The fourth-order valence-corrected chi connectivity index (χ4v) is 3.13. The molecule has 4 nitrogen and oxygen atoms in total. The van der Waals surface area contributed by atoms with Gasteiger partial charge in [-0.25, -0.2) is 0 Å². The number of nitrogens with zero attached hydrogens (tertiary/aromatic N) is 2. The smallest absolute Gasteiger partial charge is 0.253 e. The minimum Gasteiger partial charge on any atom is -0.397 e. The molecule has 0 spiro atoms. The number of rotatable bonds is 4. The van der Waals surface area contributed by atoms with Gasteiger partial charge < -0.3 is 15.5 Å². The number of hydrogen-bond acceptors (Lipinski definition) is 3. The fourth-order valence-electron chi connectivity index (χ4n) is 2.80. The molecule has 1 aliphatic carbocycles. The summed E-state index contributed by atoms with van der Waals surface area (Å²) in [6.45, 7) is 0.693. The van der Waals surface area contributed by atoms with Crippen LogP contribution in [0.1, 0.15) is 29.6 Å². The fraction of sp³-hybridized carbons (Fsp3) is 0.533. The summed E-state index contributed by atoms with van der Waals surface area (Å²) in [5.41, 5.74) is 6.66. The molecule has 0 radical (unpaired) electrons. The van der Waals surface area contributed by atoms with E-state index in [2.05, 4.69) is 19.0 Å². The third-order valence-corrected chi connectivity index (χ3v) is 5.23. The molecule has 0 bridgehead atoms. The number of anilines is 1. The number of nitrogens with two attached hydrogens (primary N) is 1. The highest BCUT2D eigenvalue weighted by molar-refractivity contribution is 6.43. The molecule has 1 saturated carbocycles. The lowest BCUT2D eigenvalue weighted by Gasteiger charge is -2.49. The average molecular weight is 330 g/mol. The number of nitrogen functional groups attached to an aromatic ring is 1. The Morgan fingerprint density at radius 1 is 1.29 bits per heavy atom. The van der Waals surface area contributed by atoms with E-state index in [0.717, 1.165) is 12.8 Å². The molecule has 116 valence electrons. The van der Waals surface area contributed by atoms with Crippen molar-refractivity contribution in [2.45, 2.75) is 24.8 Å². The maximum Gasteiger partial charge on any atom is 0.253 e. The van der Waals surface area contributed by atoms with Crippen molar-refractivity contribution in [1.82, 2.24) is 9.80 Å². The van der Waals surface area contributed by atoms with Crippen LogP contribution in [-0.4, -0.2) is 48.9 Å². The lowest BCUT2D eigenvalue weighted by molar-refractivity contribution is 0.0252. The highest BCUT2D eigenvalue weighted by atomic mass is 35.5. The van der Waals surface area contributed by atoms with Crippen LogP contribution < -0.4 is 5.73 Å². The van der Waals surface area contributed by atoms with Gasteiger partial charge in [0.25, 0.3) is 5.91 Å². The van der Waals surface area contributed by atoms with Crippen LogP contribution in [0.5, 0.6) is 0 Å². The molecule has 1 aromatic rings. The van der Waals surface area contributed by atoms with Gasteiger partial charge in [0.2, 0.25) is 0 Å². The Labute approximate surface area is 135 Å². The first-order valence-corrected chi connectivity index (χ1v) is 7.70. The first-order valence-electron chi connectivity index (χ1n) is 6.94. The van der Waals surface area contributed by atoms with E-state index in [9.17, 15) is 4.79 Å². The summed E-state index contributed by atoms with van der Waals surface area (Å²) in [6.07, 6.45) is 3.43. The Morgan fingerprint density at radius 3 is 2.33 bits per heavy atom. The van der Waals surface area contributed by atoms with Crippen LogP contribution in [0.2, 0.25) is 10.0 Å². The number of amides is 1. The van der Waals surface area contributed by atoms with Crippen LogP contribution in [0.3, 0.4) is 0 Å². The molecule has 2 N–H and O–H groups in total. The Hall–Kier alpha value is -0.970. The largest absolute Gasteiger partial charge is 0.397 e. The number of benzene rings is 1. The normalized spacial score (nSPS) is 16.7. The van der Waals surface area contributed by atoms with E-state index in [-0.39, 0.29) is 11.4 Å². The molecule has 1 fully saturated rings. The van der Waals surface area contributed by atoms with Gasteiger partial charge in [0.05, 0.1) is 15.7 Å². The van der Waals surface area contributed by atoms with Crippen molar-refractivity contribution in [2.24, 2.45) is 0 Å². The number of halogens is 2. The van der Waals surface area contributed by atoms with Gasteiger partial charge in [0.1, 0.15) is 0 Å². The first kappa shape index (κ1) is 16.4. The summed E-state index contributed by atoms with van der Waals surface area (Å²) < 4.78 is 0. The molecule has 0 heterocycles. The number of carbonyl (C=O) groups is 1. The summed E-state index contributed by atoms with van der Waals surface area (Å²) >= 11 is 11.9. The maximum absolute atomic E-state index is 12.6. The molecule has 1 aliphatic rings. The van der Waals surface area contributed by atoms with Gasteiger partial charge in [0.15, 0.2) is 0 Å². The third kappa shape index (κ3) is 3.12. The molecule has 0 aromatic heterocycles. The highest BCUT2D eigenvalue weighted by Gasteiger charge is 2.40. The zero-order valence-corrected chi connectivity index (χ0v) is 14.1. The maximum atomic E-state index is 12.6. The molecule has 1 aromatic carbocycles. The summed E-state index contributed by atoms with van der Waals surface area (Å²) in [6, 6.07) is 3.15. The van der Waals surface area contributed by atoms with Crippen LogP contribution in [0.25, 0.3) is 0 Å². The molecular weight excluding hydrogens is 309 g/mol. The van der Waals surface area contributed by atoms with E-state index >= 15 is 0 Å².